The highest BCUT2D eigenvalue weighted by Gasteiger charge is 2.10. The maximum atomic E-state index is 5.69. The van der Waals surface area contributed by atoms with Crippen LogP contribution in [-0.2, 0) is 15.9 Å². The number of ether oxygens (including phenoxy) is 3. The predicted molar refractivity (Wildman–Crippen MR) is 78.4 cm³/mol. The highest BCUT2D eigenvalue weighted by atomic mass is 16.5. The molecule has 0 aliphatic rings. The van der Waals surface area contributed by atoms with E-state index in [1.165, 1.54) is 6.33 Å². The fraction of sp³-hybridized carbons (Fsp3) is 0.714. The summed E-state index contributed by atoms with van der Waals surface area (Å²) in [6.45, 7) is 4.57. The molecule has 0 saturated heterocycles. The third-order valence-electron chi connectivity index (χ3n) is 2.75. The normalized spacial score (nSPS) is 10.6. The van der Waals surface area contributed by atoms with Gasteiger partial charge in [-0.05, 0) is 12.8 Å². The van der Waals surface area contributed by atoms with Crippen molar-refractivity contribution in [1.82, 2.24) is 9.97 Å². The van der Waals surface area contributed by atoms with Gasteiger partial charge < -0.3 is 19.5 Å². The summed E-state index contributed by atoms with van der Waals surface area (Å²) < 4.78 is 16.1. The van der Waals surface area contributed by atoms with E-state index in [-0.39, 0.29) is 0 Å². The molecule has 0 amide bonds. The van der Waals surface area contributed by atoms with Crippen molar-refractivity contribution in [3.05, 3.63) is 11.9 Å². The SMILES string of the molecule is CCCc1c(NC)ncnc1OCCOCCCOC. The van der Waals surface area contributed by atoms with Crippen LogP contribution in [0.25, 0.3) is 0 Å². The van der Waals surface area contributed by atoms with Gasteiger partial charge in [-0.25, -0.2) is 9.97 Å². The van der Waals surface area contributed by atoms with Crippen molar-refractivity contribution in [2.75, 3.05) is 45.9 Å². The Morgan fingerprint density at radius 1 is 1.15 bits per heavy atom. The Balaban J connectivity index is 2.39. The van der Waals surface area contributed by atoms with Crippen LogP contribution in [0, 0.1) is 0 Å². The molecule has 1 heterocycles. The van der Waals surface area contributed by atoms with E-state index < -0.39 is 0 Å². The topological polar surface area (TPSA) is 65.5 Å². The number of nitrogens with zero attached hydrogens (tertiary/aromatic N) is 2. The van der Waals surface area contributed by atoms with Crippen LogP contribution in [0.15, 0.2) is 6.33 Å². The lowest BCUT2D eigenvalue weighted by atomic mass is 10.2. The third-order valence-corrected chi connectivity index (χ3v) is 2.75. The minimum absolute atomic E-state index is 0.490. The van der Waals surface area contributed by atoms with E-state index in [4.69, 9.17) is 14.2 Å². The van der Waals surface area contributed by atoms with Crippen LogP contribution in [-0.4, -0.2) is 50.6 Å². The fourth-order valence-electron chi connectivity index (χ4n) is 1.82. The van der Waals surface area contributed by atoms with Gasteiger partial charge in [0, 0.05) is 27.4 Å². The third kappa shape index (κ3) is 5.71. The van der Waals surface area contributed by atoms with E-state index >= 15 is 0 Å². The van der Waals surface area contributed by atoms with Gasteiger partial charge in [0.1, 0.15) is 18.8 Å². The zero-order chi connectivity index (χ0) is 14.6. The smallest absolute Gasteiger partial charge is 0.221 e. The minimum Gasteiger partial charge on any atom is -0.475 e. The van der Waals surface area contributed by atoms with Crippen LogP contribution < -0.4 is 10.1 Å². The van der Waals surface area contributed by atoms with Gasteiger partial charge in [-0.1, -0.05) is 13.3 Å². The summed E-state index contributed by atoms with van der Waals surface area (Å²) in [4.78, 5) is 8.41. The lowest BCUT2D eigenvalue weighted by Crippen LogP contribution is -2.11. The number of hydrogen-bond donors (Lipinski definition) is 1. The molecule has 1 aromatic rings. The summed E-state index contributed by atoms with van der Waals surface area (Å²) in [6.07, 6.45) is 4.32. The van der Waals surface area contributed by atoms with Crippen LogP contribution in [0.2, 0.25) is 0 Å². The number of rotatable bonds is 11. The molecule has 0 aliphatic carbocycles. The van der Waals surface area contributed by atoms with Crippen LogP contribution >= 0.6 is 0 Å². The van der Waals surface area contributed by atoms with Crippen LogP contribution in [0.3, 0.4) is 0 Å². The lowest BCUT2D eigenvalue weighted by molar-refractivity contribution is 0.0793. The summed E-state index contributed by atoms with van der Waals surface area (Å²) in [6, 6.07) is 0. The molecule has 20 heavy (non-hydrogen) atoms. The Hall–Kier alpha value is -1.40. The van der Waals surface area contributed by atoms with E-state index in [0.29, 0.717) is 25.7 Å². The van der Waals surface area contributed by atoms with Gasteiger partial charge in [-0.3, -0.25) is 0 Å². The molecular weight excluding hydrogens is 258 g/mol. The molecule has 0 unspecified atom stereocenters. The molecule has 0 saturated carbocycles. The summed E-state index contributed by atoms with van der Waals surface area (Å²) in [7, 11) is 3.54. The van der Waals surface area contributed by atoms with Crippen LogP contribution in [0.1, 0.15) is 25.3 Å². The number of methoxy groups -OCH3 is 1. The highest BCUT2D eigenvalue weighted by molar-refractivity contribution is 5.48. The molecule has 0 aromatic carbocycles. The Labute approximate surface area is 120 Å². The molecule has 0 spiro atoms. The van der Waals surface area contributed by atoms with Gasteiger partial charge in [0.05, 0.1) is 12.2 Å². The molecule has 0 radical (unpaired) electrons. The zero-order valence-electron chi connectivity index (χ0n) is 12.6. The molecule has 0 atom stereocenters. The summed E-state index contributed by atoms with van der Waals surface area (Å²) >= 11 is 0. The highest BCUT2D eigenvalue weighted by Crippen LogP contribution is 2.23. The lowest BCUT2D eigenvalue weighted by Gasteiger charge is -2.13. The Morgan fingerprint density at radius 2 is 2.00 bits per heavy atom. The zero-order valence-corrected chi connectivity index (χ0v) is 12.6. The molecule has 0 fully saturated rings. The second-order valence-corrected chi connectivity index (χ2v) is 4.31. The van der Waals surface area contributed by atoms with Crippen molar-refractivity contribution in [3.63, 3.8) is 0 Å². The largest absolute Gasteiger partial charge is 0.475 e. The van der Waals surface area contributed by atoms with Crippen LogP contribution in [0.4, 0.5) is 5.82 Å². The van der Waals surface area contributed by atoms with E-state index in [9.17, 15) is 0 Å². The van der Waals surface area contributed by atoms with Gasteiger partial charge in [0.15, 0.2) is 0 Å². The number of aromatic nitrogens is 2. The molecule has 114 valence electrons. The van der Waals surface area contributed by atoms with Gasteiger partial charge in [-0.2, -0.15) is 0 Å². The van der Waals surface area contributed by atoms with E-state index in [1.807, 2.05) is 7.05 Å². The van der Waals surface area contributed by atoms with E-state index in [2.05, 4.69) is 22.2 Å². The summed E-state index contributed by atoms with van der Waals surface area (Å²) in [5.41, 5.74) is 1.02. The predicted octanol–water partition coefficient (Wildman–Crippen LogP) is 1.90. The monoisotopic (exact) mass is 283 g/mol. The minimum atomic E-state index is 0.490. The van der Waals surface area contributed by atoms with Crippen molar-refractivity contribution in [2.45, 2.75) is 26.2 Å². The number of nitrogens with one attached hydrogen (secondary N) is 1. The first-order valence-corrected chi connectivity index (χ1v) is 7.04. The standard InChI is InChI=1S/C14H25N3O3/c1-4-6-12-13(15-2)16-11-17-14(12)20-10-9-19-8-5-7-18-3/h11H,4-10H2,1-3H3,(H,15,16,17). The maximum absolute atomic E-state index is 5.69. The Kier molecular flexibility index (Phi) is 8.66. The first-order valence-electron chi connectivity index (χ1n) is 7.04. The van der Waals surface area contributed by atoms with Gasteiger partial charge in [0.2, 0.25) is 5.88 Å². The molecular formula is C14H25N3O3. The van der Waals surface area contributed by atoms with Gasteiger partial charge in [-0.15, -0.1) is 0 Å². The maximum Gasteiger partial charge on any atom is 0.221 e. The van der Waals surface area contributed by atoms with Crippen molar-refractivity contribution in [3.8, 4) is 5.88 Å². The average Bonchev–Trinajstić information content (AvgIpc) is 2.48. The second kappa shape index (κ2) is 10.4. The second-order valence-electron chi connectivity index (χ2n) is 4.31. The molecule has 0 bridgehead atoms. The molecule has 6 heteroatoms. The van der Waals surface area contributed by atoms with Gasteiger partial charge in [0.25, 0.3) is 0 Å². The first-order chi connectivity index (χ1) is 9.83. The number of hydrogen-bond acceptors (Lipinski definition) is 6. The van der Waals surface area contributed by atoms with Crippen molar-refractivity contribution >= 4 is 5.82 Å². The van der Waals surface area contributed by atoms with Crippen molar-refractivity contribution in [1.29, 1.82) is 0 Å². The van der Waals surface area contributed by atoms with Crippen LogP contribution in [0.5, 0.6) is 5.88 Å². The molecule has 6 nitrogen and oxygen atoms in total. The molecule has 1 rings (SSSR count). The van der Waals surface area contributed by atoms with Gasteiger partial charge >= 0.3 is 0 Å². The molecule has 1 N–H and O–H groups in total. The fourth-order valence-corrected chi connectivity index (χ4v) is 1.82. The molecule has 0 aliphatic heterocycles. The average molecular weight is 283 g/mol. The van der Waals surface area contributed by atoms with Crippen molar-refractivity contribution in [2.24, 2.45) is 0 Å². The quantitative estimate of drug-likeness (QED) is 0.626. The first kappa shape index (κ1) is 16.7. The van der Waals surface area contributed by atoms with E-state index in [0.717, 1.165) is 37.3 Å². The summed E-state index contributed by atoms with van der Waals surface area (Å²) in [5.74, 6) is 1.48. The Bertz CT molecular complexity index is 375. The summed E-state index contributed by atoms with van der Waals surface area (Å²) in [5, 5.41) is 3.07. The Morgan fingerprint density at radius 3 is 2.70 bits per heavy atom. The molecule has 1 aromatic heterocycles. The van der Waals surface area contributed by atoms with E-state index in [1.54, 1.807) is 7.11 Å². The number of anilines is 1. The van der Waals surface area contributed by atoms with Crippen molar-refractivity contribution < 1.29 is 14.2 Å².